The van der Waals surface area contributed by atoms with Gasteiger partial charge in [0.05, 0.1) is 5.56 Å². The number of aromatic nitrogens is 1. The first-order valence-electron chi connectivity index (χ1n) is 7.24. The van der Waals surface area contributed by atoms with Gasteiger partial charge in [-0.1, -0.05) is 0 Å². The van der Waals surface area contributed by atoms with Crippen molar-refractivity contribution in [1.82, 2.24) is 9.88 Å². The molecule has 2 rings (SSSR count). The first-order valence-corrected chi connectivity index (χ1v) is 8.05. The van der Waals surface area contributed by atoms with Crippen LogP contribution in [0, 0.1) is 27.7 Å². The van der Waals surface area contributed by atoms with Crippen molar-refractivity contribution in [2.45, 2.75) is 27.7 Å². The molecule has 7 nitrogen and oxygen atoms in total. The van der Waals surface area contributed by atoms with Gasteiger partial charge in [-0.2, -0.15) is 0 Å². The summed E-state index contributed by atoms with van der Waals surface area (Å²) in [6, 6.07) is 2.95. The molecule has 24 heavy (non-hydrogen) atoms. The fourth-order valence-corrected chi connectivity index (χ4v) is 3.64. The molecule has 0 aromatic carbocycles. The summed E-state index contributed by atoms with van der Waals surface area (Å²) in [5, 5.41) is 2.60. The zero-order chi connectivity index (χ0) is 18.0. The number of hydrogen-bond acceptors (Lipinski definition) is 5. The molecule has 0 saturated carbocycles. The highest BCUT2D eigenvalue weighted by Gasteiger charge is 2.24. The summed E-state index contributed by atoms with van der Waals surface area (Å²) in [6.07, 6.45) is 0. The minimum atomic E-state index is -0.988. The molecule has 0 aliphatic rings. The average Bonchev–Trinajstić information content (AvgIpc) is 2.96. The number of imide groups is 1. The van der Waals surface area contributed by atoms with Crippen LogP contribution in [0.4, 0.5) is 4.79 Å². The van der Waals surface area contributed by atoms with Crippen molar-refractivity contribution in [3.05, 3.63) is 39.5 Å². The van der Waals surface area contributed by atoms with Crippen molar-refractivity contribution >= 4 is 29.2 Å². The third-order valence-electron chi connectivity index (χ3n) is 3.64. The minimum absolute atomic E-state index is 0.423. The highest BCUT2D eigenvalue weighted by atomic mass is 32.1. The number of carbonyl (C=O) groups excluding carboxylic acids is 3. The molecule has 0 radical (unpaired) electrons. The van der Waals surface area contributed by atoms with Crippen LogP contribution in [0.1, 0.15) is 32.2 Å². The molecule has 2 aromatic heterocycles. The van der Waals surface area contributed by atoms with Crippen LogP contribution in [0.15, 0.2) is 12.1 Å². The summed E-state index contributed by atoms with van der Waals surface area (Å²) in [4.78, 5) is 35.5. The van der Waals surface area contributed by atoms with Crippen molar-refractivity contribution in [2.75, 3.05) is 6.61 Å². The van der Waals surface area contributed by atoms with Crippen molar-refractivity contribution in [3.63, 3.8) is 0 Å². The third kappa shape index (κ3) is 3.48. The minimum Gasteiger partial charge on any atom is -0.452 e. The maximum atomic E-state index is 12.5. The van der Waals surface area contributed by atoms with Crippen molar-refractivity contribution in [2.24, 2.45) is 5.73 Å². The topological polar surface area (TPSA) is 103 Å². The van der Waals surface area contributed by atoms with E-state index >= 15 is 0 Å². The van der Waals surface area contributed by atoms with Crippen LogP contribution in [0.25, 0.3) is 5.00 Å². The summed E-state index contributed by atoms with van der Waals surface area (Å²) >= 11 is 1.49. The lowest BCUT2D eigenvalue weighted by atomic mass is 10.1. The molecule has 3 N–H and O–H groups in total. The number of urea groups is 1. The number of carbonyl (C=O) groups is 3. The summed E-state index contributed by atoms with van der Waals surface area (Å²) in [7, 11) is 0. The van der Waals surface area contributed by atoms with Crippen molar-refractivity contribution in [1.29, 1.82) is 0 Å². The second kappa shape index (κ2) is 6.88. The van der Waals surface area contributed by atoms with Gasteiger partial charge in [0.25, 0.3) is 5.91 Å². The smallest absolute Gasteiger partial charge is 0.341 e. The SMILES string of the molecule is Cc1sc(-n2c(C)ccc2C)c(C(=O)OCC(=O)NC(N)=O)c1C. The Hall–Kier alpha value is -2.61. The predicted molar refractivity (Wildman–Crippen MR) is 90.6 cm³/mol. The maximum absolute atomic E-state index is 12.5. The summed E-state index contributed by atoms with van der Waals surface area (Å²) in [6.45, 7) is 7.09. The number of nitrogens with one attached hydrogen (secondary N) is 1. The normalized spacial score (nSPS) is 10.5. The number of esters is 1. The first-order chi connectivity index (χ1) is 11.2. The van der Waals surface area contributed by atoms with Crippen LogP contribution in [0.2, 0.25) is 0 Å². The Labute approximate surface area is 143 Å². The number of amides is 3. The van der Waals surface area contributed by atoms with Gasteiger partial charge in [-0.3, -0.25) is 10.1 Å². The average molecular weight is 349 g/mol. The number of aryl methyl sites for hydroxylation is 3. The van der Waals surface area contributed by atoms with Gasteiger partial charge in [-0.15, -0.1) is 11.3 Å². The Morgan fingerprint density at radius 2 is 1.75 bits per heavy atom. The summed E-state index contributed by atoms with van der Waals surface area (Å²) < 4.78 is 7.01. The van der Waals surface area contributed by atoms with Crippen LogP contribution in [-0.2, 0) is 9.53 Å². The van der Waals surface area contributed by atoms with E-state index in [0.717, 1.165) is 26.8 Å². The highest BCUT2D eigenvalue weighted by Crippen LogP contribution is 2.33. The van der Waals surface area contributed by atoms with Gasteiger partial charge in [-0.25, -0.2) is 9.59 Å². The lowest BCUT2D eigenvalue weighted by Crippen LogP contribution is -2.37. The van der Waals surface area contributed by atoms with Gasteiger partial charge in [0, 0.05) is 16.3 Å². The molecule has 8 heteroatoms. The lowest BCUT2D eigenvalue weighted by Gasteiger charge is -2.11. The molecule has 0 aliphatic heterocycles. The van der Waals surface area contributed by atoms with Crippen molar-refractivity contribution < 1.29 is 19.1 Å². The van der Waals surface area contributed by atoms with Gasteiger partial charge in [0.15, 0.2) is 6.61 Å². The van der Waals surface area contributed by atoms with Crippen LogP contribution in [0.5, 0.6) is 0 Å². The molecule has 128 valence electrons. The van der Waals surface area contributed by atoms with E-state index in [2.05, 4.69) is 0 Å². The molecular formula is C16H19N3O4S. The Bertz CT molecular complexity index is 800. The standard InChI is InChI=1S/C16H19N3O4S/c1-8-5-6-9(2)19(8)14-13(10(3)11(4)24-14)15(21)23-7-12(20)18-16(17)22/h5-6H,7H2,1-4H3,(H3,17,18,20,22). The van der Waals surface area contributed by atoms with Gasteiger partial charge < -0.3 is 15.0 Å². The first kappa shape index (κ1) is 17.7. The molecule has 0 spiro atoms. The van der Waals surface area contributed by atoms with Crippen molar-refractivity contribution in [3.8, 4) is 5.00 Å². The van der Waals surface area contributed by atoms with E-state index < -0.39 is 24.5 Å². The van der Waals surface area contributed by atoms with E-state index in [1.54, 1.807) is 0 Å². The number of hydrogen-bond donors (Lipinski definition) is 2. The highest BCUT2D eigenvalue weighted by molar-refractivity contribution is 7.15. The molecule has 0 saturated heterocycles. The molecule has 0 bridgehead atoms. The third-order valence-corrected chi connectivity index (χ3v) is 4.83. The molecule has 2 heterocycles. The second-order valence-electron chi connectivity index (χ2n) is 5.40. The largest absolute Gasteiger partial charge is 0.452 e. The number of nitrogens with two attached hydrogens (primary N) is 1. The fourth-order valence-electron chi connectivity index (χ4n) is 2.37. The van der Waals surface area contributed by atoms with Gasteiger partial charge in [0.1, 0.15) is 5.00 Å². The number of nitrogens with zero attached hydrogens (tertiary/aromatic N) is 1. The Kier molecular flexibility index (Phi) is 5.08. The number of rotatable bonds is 4. The second-order valence-corrected chi connectivity index (χ2v) is 6.61. The zero-order valence-electron chi connectivity index (χ0n) is 13.9. The molecule has 0 unspecified atom stereocenters. The van der Waals surface area contributed by atoms with Gasteiger partial charge >= 0.3 is 12.0 Å². The van der Waals surface area contributed by atoms with Crippen LogP contribution >= 0.6 is 11.3 Å². The fraction of sp³-hybridized carbons (Fsp3) is 0.312. The van der Waals surface area contributed by atoms with E-state index in [1.165, 1.54) is 11.3 Å². The van der Waals surface area contributed by atoms with Gasteiger partial charge in [-0.05, 0) is 45.4 Å². The number of ether oxygens (including phenoxy) is 1. The molecule has 3 amide bonds. The number of primary amides is 1. The zero-order valence-corrected chi connectivity index (χ0v) is 14.7. The molecule has 0 atom stereocenters. The summed E-state index contributed by atoms with van der Waals surface area (Å²) in [5.41, 5.74) is 8.07. The monoisotopic (exact) mass is 349 g/mol. The van der Waals surface area contributed by atoms with E-state index in [9.17, 15) is 14.4 Å². The van der Waals surface area contributed by atoms with Crippen LogP contribution < -0.4 is 11.1 Å². The molecule has 0 aliphatic carbocycles. The van der Waals surface area contributed by atoms with Gasteiger partial charge in [0.2, 0.25) is 0 Å². The Morgan fingerprint density at radius 3 is 2.29 bits per heavy atom. The van der Waals surface area contributed by atoms with E-state index in [4.69, 9.17) is 10.5 Å². The number of thiophene rings is 1. The summed E-state index contributed by atoms with van der Waals surface area (Å²) in [5.74, 6) is -1.38. The van der Waals surface area contributed by atoms with Crippen LogP contribution in [-0.4, -0.2) is 29.1 Å². The predicted octanol–water partition coefficient (Wildman–Crippen LogP) is 2.12. The molecular weight excluding hydrogens is 330 g/mol. The maximum Gasteiger partial charge on any atom is 0.341 e. The van der Waals surface area contributed by atoms with E-state index in [1.807, 2.05) is 49.7 Å². The molecule has 2 aromatic rings. The Morgan fingerprint density at radius 1 is 1.17 bits per heavy atom. The quantitative estimate of drug-likeness (QED) is 0.825. The van der Waals surface area contributed by atoms with E-state index in [0.29, 0.717) is 5.56 Å². The van der Waals surface area contributed by atoms with Crippen LogP contribution in [0.3, 0.4) is 0 Å². The lowest BCUT2D eigenvalue weighted by molar-refractivity contribution is -0.123. The Balaban J connectivity index is 2.32. The van der Waals surface area contributed by atoms with E-state index in [-0.39, 0.29) is 0 Å². The molecule has 0 fully saturated rings.